The van der Waals surface area contributed by atoms with Crippen LogP contribution in [0.4, 0.5) is 0 Å². The van der Waals surface area contributed by atoms with Gasteiger partial charge >= 0.3 is 5.97 Å². The molecule has 0 saturated carbocycles. The molecule has 0 aliphatic carbocycles. The number of rotatable bonds is 7. The van der Waals surface area contributed by atoms with Crippen molar-refractivity contribution < 1.29 is 19.4 Å². The van der Waals surface area contributed by atoms with Crippen molar-refractivity contribution in [2.24, 2.45) is 15.9 Å². The molecule has 0 fully saturated rings. The molecule has 7 nitrogen and oxygen atoms in total. The van der Waals surface area contributed by atoms with E-state index >= 15 is 0 Å². The van der Waals surface area contributed by atoms with E-state index in [0.29, 0.717) is 15.6 Å². The first-order chi connectivity index (χ1) is 11.4. The summed E-state index contributed by atoms with van der Waals surface area (Å²) in [6.45, 7) is 3.48. The van der Waals surface area contributed by atoms with Crippen molar-refractivity contribution in [3.63, 3.8) is 0 Å². The van der Waals surface area contributed by atoms with Crippen LogP contribution in [0, 0.1) is 0 Å². The molecular weight excluding hydrogens is 357 g/mol. The van der Waals surface area contributed by atoms with Gasteiger partial charge in [0.1, 0.15) is 0 Å². The van der Waals surface area contributed by atoms with Crippen LogP contribution >= 0.6 is 23.2 Å². The molecule has 0 spiro atoms. The topological polar surface area (TPSA) is 107 Å². The molecule has 0 amide bonds. The Labute approximate surface area is 149 Å². The highest BCUT2D eigenvalue weighted by Gasteiger charge is 2.22. The lowest BCUT2D eigenvalue weighted by atomic mass is 10.2. The van der Waals surface area contributed by atoms with Gasteiger partial charge in [0.25, 0.3) is 5.95 Å². The SMILES string of the molecule is CCOC(=O)C(/C(N)=N/N=C/c1ccc(Cl)c(Cl)c1)=C(/O)OCC. The Balaban J connectivity index is 3.04. The molecule has 0 unspecified atom stereocenters. The predicted octanol–water partition coefficient (Wildman–Crippen LogP) is 3.05. The van der Waals surface area contributed by atoms with E-state index in [4.69, 9.17) is 38.4 Å². The van der Waals surface area contributed by atoms with Gasteiger partial charge in [-0.2, -0.15) is 5.10 Å². The van der Waals surface area contributed by atoms with Crippen molar-refractivity contribution in [3.05, 3.63) is 45.3 Å². The second-order valence-corrected chi connectivity index (χ2v) is 5.05. The predicted molar refractivity (Wildman–Crippen MR) is 93.6 cm³/mol. The number of hydrogen-bond donors (Lipinski definition) is 2. The number of ether oxygens (including phenoxy) is 2. The lowest BCUT2D eigenvalue weighted by Crippen LogP contribution is -2.25. The average molecular weight is 374 g/mol. The van der Waals surface area contributed by atoms with Crippen LogP contribution in [0.25, 0.3) is 0 Å². The first kappa shape index (κ1) is 19.8. The maximum absolute atomic E-state index is 11.9. The summed E-state index contributed by atoms with van der Waals surface area (Å²) in [4.78, 5) is 11.9. The lowest BCUT2D eigenvalue weighted by Gasteiger charge is -2.08. The van der Waals surface area contributed by atoms with E-state index in [-0.39, 0.29) is 19.0 Å². The second-order valence-electron chi connectivity index (χ2n) is 4.24. The molecule has 24 heavy (non-hydrogen) atoms. The normalized spacial score (nSPS) is 12.9. The monoisotopic (exact) mass is 373 g/mol. The summed E-state index contributed by atoms with van der Waals surface area (Å²) in [5.41, 5.74) is 5.91. The number of nitrogens with two attached hydrogens (primary N) is 1. The summed E-state index contributed by atoms with van der Waals surface area (Å²) >= 11 is 11.7. The summed E-state index contributed by atoms with van der Waals surface area (Å²) in [6, 6.07) is 4.85. The molecule has 0 atom stereocenters. The van der Waals surface area contributed by atoms with E-state index in [1.165, 1.54) is 6.21 Å². The van der Waals surface area contributed by atoms with Gasteiger partial charge in [-0.25, -0.2) is 4.79 Å². The number of aliphatic hydroxyl groups excluding tert-OH is 1. The molecule has 130 valence electrons. The average Bonchev–Trinajstić information content (AvgIpc) is 2.51. The molecule has 3 N–H and O–H groups in total. The molecule has 0 aliphatic rings. The van der Waals surface area contributed by atoms with Crippen molar-refractivity contribution in [3.8, 4) is 0 Å². The van der Waals surface area contributed by atoms with E-state index in [9.17, 15) is 9.90 Å². The van der Waals surface area contributed by atoms with Gasteiger partial charge in [0.2, 0.25) is 0 Å². The highest BCUT2D eigenvalue weighted by Crippen LogP contribution is 2.21. The molecule has 0 saturated heterocycles. The van der Waals surface area contributed by atoms with Crippen LogP contribution in [0.1, 0.15) is 19.4 Å². The van der Waals surface area contributed by atoms with Gasteiger partial charge in [0.15, 0.2) is 11.4 Å². The number of esters is 1. The van der Waals surface area contributed by atoms with Crippen molar-refractivity contribution in [1.82, 2.24) is 0 Å². The zero-order chi connectivity index (χ0) is 18.1. The maximum Gasteiger partial charge on any atom is 0.349 e. The number of hydrogen-bond acceptors (Lipinski definition) is 6. The molecule has 0 radical (unpaired) electrons. The Kier molecular flexibility index (Phi) is 8.08. The molecule has 0 bridgehead atoms. The van der Waals surface area contributed by atoms with E-state index in [0.717, 1.165) is 0 Å². The quantitative estimate of drug-likeness (QED) is 0.191. The molecular formula is C15H17Cl2N3O4. The minimum Gasteiger partial charge on any atom is -0.480 e. The molecule has 9 heteroatoms. The molecule has 1 aromatic rings. The molecule has 0 aromatic heterocycles. The highest BCUT2D eigenvalue weighted by molar-refractivity contribution is 6.42. The van der Waals surface area contributed by atoms with Gasteiger partial charge in [-0.1, -0.05) is 29.3 Å². The fourth-order valence-corrected chi connectivity index (χ4v) is 1.82. The number of halogens is 2. The largest absolute Gasteiger partial charge is 0.480 e. The van der Waals surface area contributed by atoms with Crippen LogP contribution < -0.4 is 5.73 Å². The maximum atomic E-state index is 11.9. The van der Waals surface area contributed by atoms with Crippen molar-refractivity contribution in [1.29, 1.82) is 0 Å². The molecule has 0 heterocycles. The van der Waals surface area contributed by atoms with E-state index < -0.39 is 17.5 Å². The van der Waals surface area contributed by atoms with Crippen molar-refractivity contribution in [2.75, 3.05) is 13.2 Å². The number of benzene rings is 1. The summed E-state index contributed by atoms with van der Waals surface area (Å²) in [6.07, 6.45) is 1.36. The zero-order valence-corrected chi connectivity index (χ0v) is 14.6. The first-order valence-corrected chi connectivity index (χ1v) is 7.71. The minimum atomic E-state index is -0.866. The Bertz CT molecular complexity index is 687. The van der Waals surface area contributed by atoms with Gasteiger partial charge in [-0.05, 0) is 31.5 Å². The second kappa shape index (κ2) is 9.79. The number of carbonyl (C=O) groups is 1. The summed E-state index contributed by atoms with van der Waals surface area (Å²) in [7, 11) is 0. The number of nitrogens with zero attached hydrogens (tertiary/aromatic N) is 2. The van der Waals surface area contributed by atoms with Crippen molar-refractivity contribution in [2.45, 2.75) is 13.8 Å². The van der Waals surface area contributed by atoms with E-state index in [1.54, 1.807) is 32.0 Å². The van der Waals surface area contributed by atoms with Gasteiger partial charge < -0.3 is 20.3 Å². The van der Waals surface area contributed by atoms with Gasteiger partial charge in [-0.15, -0.1) is 5.10 Å². The van der Waals surface area contributed by atoms with E-state index in [2.05, 4.69) is 10.2 Å². The molecule has 1 rings (SSSR count). The third-order valence-corrected chi connectivity index (χ3v) is 3.29. The Morgan fingerprint density at radius 3 is 2.50 bits per heavy atom. The Morgan fingerprint density at radius 1 is 1.25 bits per heavy atom. The summed E-state index contributed by atoms with van der Waals surface area (Å²) < 4.78 is 9.68. The fourth-order valence-electron chi connectivity index (χ4n) is 1.51. The molecule has 0 aliphatic heterocycles. The van der Waals surface area contributed by atoms with Crippen LogP contribution in [-0.4, -0.2) is 36.3 Å². The van der Waals surface area contributed by atoms with Gasteiger partial charge in [-0.3, -0.25) is 0 Å². The summed E-state index contributed by atoms with van der Waals surface area (Å²) in [5, 5.41) is 18.0. The highest BCUT2D eigenvalue weighted by atomic mass is 35.5. The Morgan fingerprint density at radius 2 is 1.92 bits per heavy atom. The van der Waals surface area contributed by atoms with Crippen LogP contribution in [-0.2, 0) is 14.3 Å². The number of aliphatic hydroxyl groups is 1. The van der Waals surface area contributed by atoms with E-state index in [1.807, 2.05) is 0 Å². The summed E-state index contributed by atoms with van der Waals surface area (Å²) in [5.74, 6) is -1.90. The lowest BCUT2D eigenvalue weighted by molar-refractivity contribution is -0.138. The fraction of sp³-hybridized carbons (Fsp3) is 0.267. The van der Waals surface area contributed by atoms with Gasteiger partial charge in [0.05, 0.1) is 29.5 Å². The standard InChI is InChI=1S/C15H17Cl2N3O4/c1-3-23-14(21)12(15(22)24-4-2)13(18)20-19-8-9-5-6-10(16)11(17)7-9/h5-8,21H,3-4H2,1-2H3,(H2,18,20)/b14-12-,19-8+. The first-order valence-electron chi connectivity index (χ1n) is 6.95. The smallest absolute Gasteiger partial charge is 0.349 e. The van der Waals surface area contributed by atoms with Crippen LogP contribution in [0.2, 0.25) is 10.0 Å². The van der Waals surface area contributed by atoms with Crippen LogP contribution in [0.3, 0.4) is 0 Å². The van der Waals surface area contributed by atoms with Crippen molar-refractivity contribution >= 4 is 41.2 Å². The van der Waals surface area contributed by atoms with Crippen LogP contribution in [0.15, 0.2) is 39.9 Å². The molecule has 1 aromatic carbocycles. The third kappa shape index (κ3) is 5.75. The van der Waals surface area contributed by atoms with Crippen LogP contribution in [0.5, 0.6) is 0 Å². The minimum absolute atomic E-state index is 0.0988. The zero-order valence-electron chi connectivity index (χ0n) is 13.1. The number of amidine groups is 1. The van der Waals surface area contributed by atoms with Gasteiger partial charge in [0, 0.05) is 0 Å². The number of carbonyl (C=O) groups excluding carboxylic acids is 1. The Hall–Kier alpha value is -2.25. The third-order valence-electron chi connectivity index (χ3n) is 2.55.